The molecule has 8 heteroatoms. The lowest BCUT2D eigenvalue weighted by Crippen LogP contribution is -2.18. The average molecular weight is 238 g/mol. The quantitative estimate of drug-likeness (QED) is 0.812. The number of nitrogens with zero attached hydrogens (tertiary/aromatic N) is 2. The summed E-state index contributed by atoms with van der Waals surface area (Å²) >= 11 is 5.42. The van der Waals surface area contributed by atoms with Gasteiger partial charge in [-0.2, -0.15) is 10.2 Å². The Hall–Kier alpha value is -1.68. The molecule has 1 aromatic rings. The predicted octanol–water partition coefficient (Wildman–Crippen LogP) is 2.09. The number of alkyl halides is 3. The highest BCUT2D eigenvalue weighted by atomic mass is 35.5. The van der Waals surface area contributed by atoms with Gasteiger partial charge in [-0.25, -0.2) is 0 Å². The Morgan fingerprint density at radius 1 is 1.53 bits per heavy atom. The van der Waals surface area contributed by atoms with Crippen molar-refractivity contribution in [3.63, 3.8) is 0 Å². The van der Waals surface area contributed by atoms with Crippen LogP contribution in [0.5, 0.6) is 5.88 Å². The second-order valence-corrected chi connectivity index (χ2v) is 2.75. The van der Waals surface area contributed by atoms with E-state index in [1.165, 1.54) is 0 Å². The van der Waals surface area contributed by atoms with E-state index in [-0.39, 0.29) is 11.4 Å². The fourth-order valence-corrected chi connectivity index (χ4v) is 0.961. The summed E-state index contributed by atoms with van der Waals surface area (Å²) in [6.07, 6.45) is -4.93. The van der Waals surface area contributed by atoms with Gasteiger partial charge in [0.15, 0.2) is 0 Å². The third-order valence-electron chi connectivity index (χ3n) is 1.28. The molecule has 0 bridgehead atoms. The first-order valence-corrected chi connectivity index (χ1v) is 3.83. The van der Waals surface area contributed by atoms with Crippen LogP contribution in [0.15, 0.2) is 6.07 Å². The third kappa shape index (κ3) is 2.89. The van der Waals surface area contributed by atoms with E-state index in [9.17, 15) is 13.2 Å². The molecule has 0 aliphatic heterocycles. The molecule has 1 heterocycles. The van der Waals surface area contributed by atoms with E-state index in [1.54, 1.807) is 6.07 Å². The Bertz CT molecular complexity index is 427. The lowest BCUT2D eigenvalue weighted by Gasteiger charge is -2.10. The number of aromatic nitrogens is 1. The molecular weight excluding hydrogens is 235 g/mol. The highest BCUT2D eigenvalue weighted by Gasteiger charge is 2.33. The van der Waals surface area contributed by atoms with Gasteiger partial charge in [0, 0.05) is 0 Å². The van der Waals surface area contributed by atoms with Crippen molar-refractivity contribution in [3.8, 4) is 11.9 Å². The molecule has 80 valence electrons. The zero-order valence-electron chi connectivity index (χ0n) is 6.97. The molecule has 0 aliphatic carbocycles. The van der Waals surface area contributed by atoms with Gasteiger partial charge < -0.3 is 10.5 Å². The molecule has 1 aromatic heterocycles. The van der Waals surface area contributed by atoms with E-state index in [0.29, 0.717) is 0 Å². The van der Waals surface area contributed by atoms with Crippen LogP contribution < -0.4 is 10.5 Å². The summed E-state index contributed by atoms with van der Waals surface area (Å²) in [5.41, 5.74) is 4.92. The first kappa shape index (κ1) is 11.4. The van der Waals surface area contributed by atoms with Crippen LogP contribution in [0.2, 0.25) is 5.02 Å². The summed E-state index contributed by atoms with van der Waals surface area (Å²) in [5.74, 6) is -1.21. The first-order valence-electron chi connectivity index (χ1n) is 3.45. The van der Waals surface area contributed by atoms with E-state index >= 15 is 0 Å². The fraction of sp³-hybridized carbons (Fsp3) is 0.143. The molecule has 4 nitrogen and oxygen atoms in total. The van der Waals surface area contributed by atoms with Crippen LogP contribution >= 0.6 is 11.6 Å². The molecule has 1 rings (SSSR count). The van der Waals surface area contributed by atoms with Crippen molar-refractivity contribution in [2.24, 2.45) is 0 Å². The summed E-state index contributed by atoms with van der Waals surface area (Å²) in [5, 5.41) is 7.99. The number of halogens is 4. The van der Waals surface area contributed by atoms with Crippen molar-refractivity contribution in [1.82, 2.24) is 4.98 Å². The Morgan fingerprint density at radius 3 is 2.60 bits per heavy atom. The summed E-state index contributed by atoms with van der Waals surface area (Å²) in [7, 11) is 0. The maximum atomic E-state index is 11.8. The fourth-order valence-electron chi connectivity index (χ4n) is 0.784. The summed E-state index contributed by atoms with van der Waals surface area (Å²) in [4.78, 5) is 3.22. The van der Waals surface area contributed by atoms with Crippen LogP contribution in [-0.4, -0.2) is 11.3 Å². The average Bonchev–Trinajstić information content (AvgIpc) is 2.08. The molecule has 0 saturated carbocycles. The van der Waals surface area contributed by atoms with Gasteiger partial charge in [-0.05, 0) is 6.07 Å². The summed E-state index contributed by atoms with van der Waals surface area (Å²) < 4.78 is 39.0. The van der Waals surface area contributed by atoms with Crippen LogP contribution in [-0.2, 0) is 0 Å². The van der Waals surface area contributed by atoms with Gasteiger partial charge in [0.05, 0.1) is 5.56 Å². The second-order valence-electron chi connectivity index (χ2n) is 2.37. The molecule has 2 N–H and O–H groups in total. The van der Waals surface area contributed by atoms with Crippen LogP contribution in [0.25, 0.3) is 0 Å². The Kier molecular flexibility index (Phi) is 2.90. The summed E-state index contributed by atoms with van der Waals surface area (Å²) in [6, 6.07) is 2.61. The Labute approximate surface area is 87.0 Å². The number of nitrogen functional groups attached to an aromatic ring is 1. The van der Waals surface area contributed by atoms with Gasteiger partial charge in [0.2, 0.25) is 5.88 Å². The van der Waals surface area contributed by atoms with Crippen LogP contribution in [0.3, 0.4) is 0 Å². The largest absolute Gasteiger partial charge is 0.574 e. The van der Waals surface area contributed by atoms with Gasteiger partial charge in [0.1, 0.15) is 16.9 Å². The zero-order valence-corrected chi connectivity index (χ0v) is 7.73. The lowest BCUT2D eigenvalue weighted by molar-refractivity contribution is -0.276. The monoisotopic (exact) mass is 237 g/mol. The molecule has 0 radical (unpaired) electrons. The molecule has 0 aliphatic rings. The van der Waals surface area contributed by atoms with Crippen molar-refractivity contribution >= 4 is 17.4 Å². The normalized spacial score (nSPS) is 10.9. The highest BCUT2D eigenvalue weighted by molar-refractivity contribution is 6.33. The highest BCUT2D eigenvalue weighted by Crippen LogP contribution is 2.31. The third-order valence-corrected chi connectivity index (χ3v) is 1.65. The topological polar surface area (TPSA) is 71.9 Å². The Morgan fingerprint density at radius 2 is 2.13 bits per heavy atom. The molecule has 0 atom stereocenters. The van der Waals surface area contributed by atoms with E-state index in [2.05, 4.69) is 9.72 Å². The van der Waals surface area contributed by atoms with E-state index < -0.39 is 17.3 Å². The van der Waals surface area contributed by atoms with Gasteiger partial charge in [-0.3, -0.25) is 0 Å². The summed E-state index contributed by atoms with van der Waals surface area (Å²) in [6.45, 7) is 0. The van der Waals surface area contributed by atoms with Gasteiger partial charge in [-0.15, -0.1) is 13.2 Å². The molecule has 0 unspecified atom stereocenters. The lowest BCUT2D eigenvalue weighted by atomic mass is 10.3. The number of pyridine rings is 1. The van der Waals surface area contributed by atoms with E-state index in [1.807, 2.05) is 0 Å². The predicted molar refractivity (Wildman–Crippen MR) is 45.1 cm³/mol. The molecule has 0 amide bonds. The minimum atomic E-state index is -4.93. The number of anilines is 1. The van der Waals surface area contributed by atoms with Crippen molar-refractivity contribution in [3.05, 3.63) is 16.7 Å². The molecule has 0 fully saturated rings. The van der Waals surface area contributed by atoms with Crippen molar-refractivity contribution in [1.29, 1.82) is 5.26 Å². The molecule has 0 aromatic carbocycles. The SMILES string of the molecule is N#Cc1cc(N)nc(OC(F)(F)F)c1Cl. The van der Waals surface area contributed by atoms with Gasteiger partial charge >= 0.3 is 6.36 Å². The smallest absolute Gasteiger partial charge is 0.386 e. The Balaban J connectivity index is 3.20. The number of nitrogens with two attached hydrogens (primary N) is 1. The van der Waals surface area contributed by atoms with Crippen LogP contribution in [0.4, 0.5) is 19.0 Å². The number of ether oxygens (including phenoxy) is 1. The number of nitriles is 1. The van der Waals surface area contributed by atoms with Gasteiger partial charge in [0.25, 0.3) is 0 Å². The van der Waals surface area contributed by atoms with E-state index in [0.717, 1.165) is 6.07 Å². The van der Waals surface area contributed by atoms with Gasteiger partial charge in [-0.1, -0.05) is 11.6 Å². The molecular formula is C7H3ClF3N3O. The minimum Gasteiger partial charge on any atom is -0.386 e. The number of hydrogen-bond acceptors (Lipinski definition) is 4. The van der Waals surface area contributed by atoms with Crippen molar-refractivity contribution < 1.29 is 17.9 Å². The van der Waals surface area contributed by atoms with Crippen LogP contribution in [0, 0.1) is 11.3 Å². The molecule has 0 saturated heterocycles. The number of rotatable bonds is 1. The zero-order chi connectivity index (χ0) is 11.6. The number of hydrogen-bond donors (Lipinski definition) is 1. The standard InChI is InChI=1S/C7H3ClF3N3O/c8-5-3(2-12)1-4(13)14-6(5)15-7(9,10)11/h1H,(H2,13,14). The molecule has 15 heavy (non-hydrogen) atoms. The van der Waals surface area contributed by atoms with E-state index in [4.69, 9.17) is 22.6 Å². The van der Waals surface area contributed by atoms with Crippen molar-refractivity contribution in [2.75, 3.05) is 5.73 Å². The maximum absolute atomic E-state index is 11.8. The second kappa shape index (κ2) is 3.82. The maximum Gasteiger partial charge on any atom is 0.574 e. The first-order chi connectivity index (χ1) is 6.83. The van der Waals surface area contributed by atoms with Crippen LogP contribution in [0.1, 0.15) is 5.56 Å². The minimum absolute atomic E-state index is 0.233. The molecule has 0 spiro atoms. The van der Waals surface area contributed by atoms with Crippen molar-refractivity contribution in [2.45, 2.75) is 6.36 Å².